The molecule has 0 aliphatic rings. The van der Waals surface area contributed by atoms with Crippen molar-refractivity contribution in [1.82, 2.24) is 10.2 Å². The van der Waals surface area contributed by atoms with Gasteiger partial charge in [-0.25, -0.2) is 4.79 Å². The van der Waals surface area contributed by atoms with E-state index in [4.69, 9.17) is 5.11 Å². The summed E-state index contributed by atoms with van der Waals surface area (Å²) in [5.74, 6) is -0.935. The molecule has 0 amide bonds. The van der Waals surface area contributed by atoms with E-state index < -0.39 is 5.97 Å². The third-order valence-corrected chi connectivity index (χ3v) is 1.01. The first-order valence-electron chi connectivity index (χ1n) is 3.39. The molecule has 66 valence electrons. The minimum absolute atomic E-state index is 0.176. The lowest BCUT2D eigenvalue weighted by atomic mass is 10.4. The zero-order valence-corrected chi connectivity index (χ0v) is 7.16. The fourth-order valence-corrected chi connectivity index (χ4v) is 0.325. The van der Waals surface area contributed by atoms with Crippen molar-refractivity contribution in [2.45, 2.75) is 13.8 Å². The van der Waals surface area contributed by atoms with Gasteiger partial charge in [-0.3, -0.25) is 5.10 Å². The van der Waals surface area contributed by atoms with Gasteiger partial charge in [0.25, 0.3) is 0 Å². The molecule has 1 aromatic rings. The van der Waals surface area contributed by atoms with Crippen LogP contribution in [0.15, 0.2) is 24.4 Å². The van der Waals surface area contributed by atoms with Crippen molar-refractivity contribution in [1.29, 1.82) is 0 Å². The maximum absolute atomic E-state index is 9.60. The molecule has 1 rings (SSSR count). The molecule has 0 atom stereocenters. The highest BCUT2D eigenvalue weighted by molar-refractivity contribution is 5.84. The first-order valence-corrected chi connectivity index (χ1v) is 3.39. The lowest BCUT2D eigenvalue weighted by Crippen LogP contribution is -1.92. The second-order valence-electron chi connectivity index (χ2n) is 2.33. The van der Waals surface area contributed by atoms with Crippen molar-refractivity contribution in [3.05, 3.63) is 30.1 Å². The minimum Gasteiger partial charge on any atom is -0.478 e. The highest BCUT2D eigenvalue weighted by atomic mass is 16.4. The lowest BCUT2D eigenvalue weighted by Gasteiger charge is -1.79. The topological polar surface area (TPSA) is 66.0 Å². The van der Waals surface area contributed by atoms with Crippen molar-refractivity contribution in [2.75, 3.05) is 0 Å². The first kappa shape index (κ1) is 10.4. The molecule has 0 aliphatic heterocycles. The molecule has 0 fully saturated rings. The number of aliphatic carboxylic acids is 1. The van der Waals surface area contributed by atoms with E-state index in [1.54, 1.807) is 6.20 Å². The summed E-state index contributed by atoms with van der Waals surface area (Å²) in [6.07, 6.45) is 1.73. The van der Waals surface area contributed by atoms with Crippen LogP contribution in [0, 0.1) is 6.92 Å². The van der Waals surface area contributed by atoms with Gasteiger partial charge in [-0.15, -0.1) is 0 Å². The van der Waals surface area contributed by atoms with E-state index in [1.165, 1.54) is 6.92 Å². The quantitative estimate of drug-likeness (QED) is 0.622. The molecule has 0 radical (unpaired) electrons. The Bertz CT molecular complexity index is 240. The number of carbonyl (C=O) groups is 1. The molecule has 0 aliphatic carbocycles. The van der Waals surface area contributed by atoms with Gasteiger partial charge in [-0.1, -0.05) is 6.58 Å². The van der Waals surface area contributed by atoms with E-state index >= 15 is 0 Å². The van der Waals surface area contributed by atoms with Gasteiger partial charge in [0, 0.05) is 17.5 Å². The Hall–Kier alpha value is -1.58. The smallest absolute Gasteiger partial charge is 0.330 e. The van der Waals surface area contributed by atoms with Gasteiger partial charge in [0.1, 0.15) is 0 Å². The highest BCUT2D eigenvalue weighted by Crippen LogP contribution is 1.82. The van der Waals surface area contributed by atoms with E-state index in [1.807, 2.05) is 13.0 Å². The Morgan fingerprint density at radius 1 is 1.75 bits per heavy atom. The molecule has 1 heterocycles. The summed E-state index contributed by atoms with van der Waals surface area (Å²) in [7, 11) is 0. The number of rotatable bonds is 1. The number of aryl methyl sites for hydroxylation is 1. The molecule has 0 unspecified atom stereocenters. The standard InChI is InChI=1S/C4H6N2.C4H6O2/c1-4-2-3-5-6-4;1-3(2)4(5)6/h2-3H,1H3,(H,5,6);1H2,2H3,(H,5,6). The molecule has 0 spiro atoms. The van der Waals surface area contributed by atoms with Gasteiger partial charge in [-0.2, -0.15) is 5.10 Å². The minimum atomic E-state index is -0.935. The number of hydrogen-bond donors (Lipinski definition) is 2. The normalized spacial score (nSPS) is 8.17. The van der Waals surface area contributed by atoms with Crippen LogP contribution in [0.25, 0.3) is 0 Å². The molecule has 0 aromatic carbocycles. The summed E-state index contributed by atoms with van der Waals surface area (Å²) in [5.41, 5.74) is 1.28. The summed E-state index contributed by atoms with van der Waals surface area (Å²) in [6.45, 7) is 6.57. The number of nitrogens with zero attached hydrogens (tertiary/aromatic N) is 1. The van der Waals surface area contributed by atoms with Crippen molar-refractivity contribution < 1.29 is 9.90 Å². The fourth-order valence-electron chi connectivity index (χ4n) is 0.325. The number of carboxylic acid groups (broad SMARTS) is 1. The Kier molecular flexibility index (Phi) is 4.45. The number of nitrogens with one attached hydrogen (secondary N) is 1. The Labute approximate surface area is 70.9 Å². The average Bonchev–Trinajstić information content (AvgIpc) is 2.40. The van der Waals surface area contributed by atoms with Gasteiger partial charge in [-0.05, 0) is 19.9 Å². The zero-order valence-electron chi connectivity index (χ0n) is 7.16. The van der Waals surface area contributed by atoms with E-state index in [-0.39, 0.29) is 5.57 Å². The lowest BCUT2D eigenvalue weighted by molar-refractivity contribution is -0.132. The van der Waals surface area contributed by atoms with Gasteiger partial charge in [0.15, 0.2) is 0 Å². The SMILES string of the molecule is C=C(C)C(=O)O.Cc1ccn[nH]1. The van der Waals surface area contributed by atoms with E-state index in [9.17, 15) is 4.79 Å². The van der Waals surface area contributed by atoms with Gasteiger partial charge in [0.2, 0.25) is 0 Å². The van der Waals surface area contributed by atoms with Crippen LogP contribution < -0.4 is 0 Å². The summed E-state index contributed by atoms with van der Waals surface area (Å²) in [5, 5.41) is 14.3. The predicted molar refractivity (Wildman–Crippen MR) is 45.8 cm³/mol. The van der Waals surface area contributed by atoms with Gasteiger partial charge in [0.05, 0.1) is 0 Å². The molecular formula is C8H12N2O2. The molecule has 12 heavy (non-hydrogen) atoms. The average molecular weight is 168 g/mol. The van der Waals surface area contributed by atoms with E-state index in [0.717, 1.165) is 5.69 Å². The number of aromatic nitrogens is 2. The summed E-state index contributed by atoms with van der Waals surface area (Å²) in [4.78, 5) is 9.60. The number of H-pyrrole nitrogens is 1. The van der Waals surface area contributed by atoms with Crippen molar-refractivity contribution in [3.8, 4) is 0 Å². The van der Waals surface area contributed by atoms with Gasteiger partial charge < -0.3 is 5.11 Å². The van der Waals surface area contributed by atoms with Crippen LogP contribution >= 0.6 is 0 Å². The number of aromatic amines is 1. The Morgan fingerprint density at radius 3 is 2.33 bits per heavy atom. The van der Waals surface area contributed by atoms with Crippen LogP contribution in [-0.2, 0) is 4.79 Å². The van der Waals surface area contributed by atoms with Gasteiger partial charge >= 0.3 is 5.97 Å². The fraction of sp³-hybridized carbons (Fsp3) is 0.250. The zero-order chi connectivity index (χ0) is 9.56. The maximum atomic E-state index is 9.60. The van der Waals surface area contributed by atoms with Crippen molar-refractivity contribution in [2.24, 2.45) is 0 Å². The Balaban J connectivity index is 0.000000202. The van der Waals surface area contributed by atoms with Crippen molar-refractivity contribution >= 4 is 5.97 Å². The predicted octanol–water partition coefficient (Wildman–Crippen LogP) is 1.37. The van der Waals surface area contributed by atoms with Crippen LogP contribution in [0.4, 0.5) is 0 Å². The highest BCUT2D eigenvalue weighted by Gasteiger charge is 1.90. The van der Waals surface area contributed by atoms with Crippen LogP contribution in [0.1, 0.15) is 12.6 Å². The molecule has 4 heteroatoms. The van der Waals surface area contributed by atoms with Crippen LogP contribution in [0.3, 0.4) is 0 Å². The monoisotopic (exact) mass is 168 g/mol. The second-order valence-corrected chi connectivity index (χ2v) is 2.33. The summed E-state index contributed by atoms with van der Waals surface area (Å²) >= 11 is 0. The summed E-state index contributed by atoms with van der Waals surface area (Å²) < 4.78 is 0. The van der Waals surface area contributed by atoms with Crippen molar-refractivity contribution in [3.63, 3.8) is 0 Å². The Morgan fingerprint density at radius 2 is 2.25 bits per heavy atom. The number of carboxylic acids is 1. The molecule has 0 saturated carbocycles. The second kappa shape index (κ2) is 5.12. The largest absolute Gasteiger partial charge is 0.478 e. The molecule has 1 aromatic heterocycles. The molecule has 0 bridgehead atoms. The molecule has 2 N–H and O–H groups in total. The molecular weight excluding hydrogens is 156 g/mol. The third-order valence-electron chi connectivity index (χ3n) is 1.01. The molecule has 0 saturated heterocycles. The van der Waals surface area contributed by atoms with E-state index in [0.29, 0.717) is 0 Å². The van der Waals surface area contributed by atoms with Crippen LogP contribution in [0.2, 0.25) is 0 Å². The molecule has 4 nitrogen and oxygen atoms in total. The summed E-state index contributed by atoms with van der Waals surface area (Å²) in [6, 6.07) is 1.92. The third kappa shape index (κ3) is 5.22. The van der Waals surface area contributed by atoms with Crippen LogP contribution in [0.5, 0.6) is 0 Å². The number of hydrogen-bond acceptors (Lipinski definition) is 2. The van der Waals surface area contributed by atoms with E-state index in [2.05, 4.69) is 16.8 Å². The maximum Gasteiger partial charge on any atom is 0.330 e. The van der Waals surface area contributed by atoms with Crippen LogP contribution in [-0.4, -0.2) is 21.3 Å². The first-order chi connectivity index (χ1) is 5.54.